The van der Waals surface area contributed by atoms with E-state index in [1.807, 2.05) is 19.6 Å². The summed E-state index contributed by atoms with van der Waals surface area (Å²) in [5.41, 5.74) is 1.13. The summed E-state index contributed by atoms with van der Waals surface area (Å²) in [6, 6.07) is 0. The molecule has 0 radical (unpaired) electrons. The Morgan fingerprint density at radius 1 is 1.33 bits per heavy atom. The molecule has 1 rings (SSSR count). The Morgan fingerprint density at radius 3 is 2.78 bits per heavy atom. The molecular formula is C13H25N3O2. The van der Waals surface area contributed by atoms with Gasteiger partial charge in [-0.05, 0) is 27.3 Å². The molecule has 0 aliphatic rings. The van der Waals surface area contributed by atoms with E-state index in [0.717, 1.165) is 19.6 Å². The molecule has 0 amide bonds. The highest BCUT2D eigenvalue weighted by atomic mass is 16.5. The topological polar surface area (TPSA) is 48.3 Å². The zero-order chi connectivity index (χ0) is 13.4. The minimum absolute atomic E-state index is 0.0621. The first-order valence-corrected chi connectivity index (χ1v) is 6.38. The lowest BCUT2D eigenvalue weighted by molar-refractivity contribution is 0.0678. The number of hydrogen-bond acceptors (Lipinski definition) is 4. The minimum atomic E-state index is -0.0621. The van der Waals surface area contributed by atoms with E-state index in [0.29, 0.717) is 13.2 Å². The van der Waals surface area contributed by atoms with Gasteiger partial charge in [0, 0.05) is 26.5 Å². The zero-order valence-corrected chi connectivity index (χ0v) is 11.9. The maximum atomic E-state index is 5.45. The van der Waals surface area contributed by atoms with Crippen LogP contribution in [0.3, 0.4) is 0 Å². The van der Waals surface area contributed by atoms with Crippen LogP contribution in [0.1, 0.15) is 26.0 Å². The van der Waals surface area contributed by atoms with E-state index in [2.05, 4.69) is 28.7 Å². The van der Waals surface area contributed by atoms with Crippen molar-refractivity contribution in [3.05, 3.63) is 18.2 Å². The van der Waals surface area contributed by atoms with Crippen LogP contribution in [0.25, 0.3) is 0 Å². The normalized spacial score (nSPS) is 12.0. The third-order valence-corrected chi connectivity index (χ3v) is 3.10. The molecule has 1 aromatic rings. The molecule has 0 aliphatic heterocycles. The number of rotatable bonds is 9. The highest BCUT2D eigenvalue weighted by Gasteiger charge is 2.21. The summed E-state index contributed by atoms with van der Waals surface area (Å²) in [5.74, 6) is 0. The number of methoxy groups -OCH3 is 1. The predicted molar refractivity (Wildman–Crippen MR) is 71.6 cm³/mol. The molecule has 0 saturated carbocycles. The van der Waals surface area contributed by atoms with E-state index in [9.17, 15) is 0 Å². The second kappa shape index (κ2) is 7.51. The second-order valence-electron chi connectivity index (χ2n) is 4.81. The first kappa shape index (κ1) is 15.1. The molecule has 5 nitrogen and oxygen atoms in total. The Balaban J connectivity index is 2.37. The van der Waals surface area contributed by atoms with Crippen LogP contribution in [0, 0.1) is 0 Å². The number of aryl methyl sites for hydroxylation is 1. The van der Waals surface area contributed by atoms with Crippen molar-refractivity contribution in [3.8, 4) is 0 Å². The van der Waals surface area contributed by atoms with E-state index >= 15 is 0 Å². The van der Waals surface area contributed by atoms with Crippen molar-refractivity contribution in [2.24, 2.45) is 0 Å². The van der Waals surface area contributed by atoms with E-state index in [1.165, 1.54) is 5.69 Å². The molecule has 1 N–H and O–H groups in total. The number of hydrogen-bond donors (Lipinski definition) is 1. The van der Waals surface area contributed by atoms with Crippen molar-refractivity contribution in [1.82, 2.24) is 14.9 Å². The van der Waals surface area contributed by atoms with Crippen LogP contribution < -0.4 is 5.32 Å². The van der Waals surface area contributed by atoms with Crippen molar-refractivity contribution in [2.45, 2.75) is 32.4 Å². The number of ether oxygens (including phenoxy) is 2. The molecule has 0 saturated heterocycles. The van der Waals surface area contributed by atoms with Crippen LogP contribution >= 0.6 is 0 Å². The SMILES string of the molecule is CNC(C)(C)c1cncn1CCCOCCOC. The fourth-order valence-electron chi connectivity index (χ4n) is 1.73. The van der Waals surface area contributed by atoms with E-state index in [1.54, 1.807) is 7.11 Å². The summed E-state index contributed by atoms with van der Waals surface area (Å²) in [6.07, 6.45) is 4.78. The van der Waals surface area contributed by atoms with Crippen LogP contribution in [0.15, 0.2) is 12.5 Å². The lowest BCUT2D eigenvalue weighted by Gasteiger charge is -2.25. The Bertz CT molecular complexity index is 337. The van der Waals surface area contributed by atoms with E-state index in [-0.39, 0.29) is 5.54 Å². The Kier molecular flexibility index (Phi) is 6.32. The smallest absolute Gasteiger partial charge is 0.0948 e. The molecular weight excluding hydrogens is 230 g/mol. The van der Waals surface area contributed by atoms with Crippen molar-refractivity contribution in [3.63, 3.8) is 0 Å². The first-order valence-electron chi connectivity index (χ1n) is 6.38. The third-order valence-electron chi connectivity index (χ3n) is 3.10. The largest absolute Gasteiger partial charge is 0.382 e. The van der Waals surface area contributed by atoms with Gasteiger partial charge in [0.05, 0.1) is 30.8 Å². The summed E-state index contributed by atoms with van der Waals surface area (Å²) >= 11 is 0. The molecule has 18 heavy (non-hydrogen) atoms. The van der Waals surface area contributed by atoms with Crippen LogP contribution in [0.2, 0.25) is 0 Å². The van der Waals surface area contributed by atoms with Gasteiger partial charge in [0.25, 0.3) is 0 Å². The second-order valence-corrected chi connectivity index (χ2v) is 4.81. The van der Waals surface area contributed by atoms with Gasteiger partial charge in [0.2, 0.25) is 0 Å². The number of nitrogens with one attached hydrogen (secondary N) is 1. The summed E-state index contributed by atoms with van der Waals surface area (Å²) in [5, 5.41) is 3.29. The van der Waals surface area contributed by atoms with Gasteiger partial charge in [-0.25, -0.2) is 4.98 Å². The highest BCUT2D eigenvalue weighted by molar-refractivity contribution is 5.10. The average molecular weight is 255 g/mol. The Morgan fingerprint density at radius 2 is 2.11 bits per heavy atom. The quantitative estimate of drug-likeness (QED) is 0.677. The Hall–Kier alpha value is -0.910. The van der Waals surface area contributed by atoms with Gasteiger partial charge >= 0.3 is 0 Å². The van der Waals surface area contributed by atoms with Crippen molar-refractivity contribution in [2.75, 3.05) is 34.0 Å². The summed E-state index contributed by atoms with van der Waals surface area (Å²) in [7, 11) is 3.64. The van der Waals surface area contributed by atoms with E-state index < -0.39 is 0 Å². The average Bonchev–Trinajstić information content (AvgIpc) is 2.82. The predicted octanol–water partition coefficient (Wildman–Crippen LogP) is 1.39. The van der Waals surface area contributed by atoms with Gasteiger partial charge in [-0.1, -0.05) is 0 Å². The van der Waals surface area contributed by atoms with Gasteiger partial charge in [-0.3, -0.25) is 0 Å². The monoisotopic (exact) mass is 255 g/mol. The molecule has 104 valence electrons. The van der Waals surface area contributed by atoms with Crippen LogP contribution in [-0.4, -0.2) is 43.5 Å². The Labute approximate surface area is 109 Å². The van der Waals surface area contributed by atoms with Crippen LogP contribution in [-0.2, 0) is 21.6 Å². The third kappa shape index (κ3) is 4.40. The van der Waals surface area contributed by atoms with Gasteiger partial charge in [0.1, 0.15) is 0 Å². The molecule has 0 bridgehead atoms. The molecule has 0 fully saturated rings. The van der Waals surface area contributed by atoms with Gasteiger partial charge < -0.3 is 19.4 Å². The molecule has 5 heteroatoms. The highest BCUT2D eigenvalue weighted by Crippen LogP contribution is 2.18. The standard InChI is InChI=1S/C13H25N3O2/c1-13(2,14-3)12-10-15-11-16(12)6-5-7-18-9-8-17-4/h10-11,14H,5-9H2,1-4H3. The van der Waals surface area contributed by atoms with Crippen molar-refractivity contribution in [1.29, 1.82) is 0 Å². The van der Waals surface area contributed by atoms with Crippen LogP contribution in [0.5, 0.6) is 0 Å². The van der Waals surface area contributed by atoms with Crippen LogP contribution in [0.4, 0.5) is 0 Å². The van der Waals surface area contributed by atoms with Gasteiger partial charge in [-0.2, -0.15) is 0 Å². The minimum Gasteiger partial charge on any atom is -0.382 e. The molecule has 1 aromatic heterocycles. The summed E-state index contributed by atoms with van der Waals surface area (Å²) in [6.45, 7) is 7.29. The molecule has 0 unspecified atom stereocenters. The fourth-order valence-corrected chi connectivity index (χ4v) is 1.73. The number of imidazole rings is 1. The number of aromatic nitrogens is 2. The fraction of sp³-hybridized carbons (Fsp3) is 0.769. The molecule has 0 spiro atoms. The maximum absolute atomic E-state index is 5.45. The number of nitrogens with zero attached hydrogens (tertiary/aromatic N) is 2. The van der Waals surface area contributed by atoms with Crippen molar-refractivity contribution < 1.29 is 9.47 Å². The van der Waals surface area contributed by atoms with Crippen molar-refractivity contribution >= 4 is 0 Å². The van der Waals surface area contributed by atoms with Gasteiger partial charge in [-0.15, -0.1) is 0 Å². The lowest BCUT2D eigenvalue weighted by Crippen LogP contribution is -2.35. The zero-order valence-electron chi connectivity index (χ0n) is 11.9. The van der Waals surface area contributed by atoms with E-state index in [4.69, 9.17) is 9.47 Å². The summed E-state index contributed by atoms with van der Waals surface area (Å²) in [4.78, 5) is 4.23. The molecule has 0 atom stereocenters. The molecule has 1 heterocycles. The first-order chi connectivity index (χ1) is 8.61. The van der Waals surface area contributed by atoms with Gasteiger partial charge in [0.15, 0.2) is 0 Å². The summed E-state index contributed by atoms with van der Waals surface area (Å²) < 4.78 is 12.6. The maximum Gasteiger partial charge on any atom is 0.0948 e. The lowest BCUT2D eigenvalue weighted by atomic mass is 10.0. The molecule has 0 aliphatic carbocycles. The molecule has 0 aromatic carbocycles.